The molecule has 0 spiro atoms. The fraction of sp³-hybridized carbons (Fsp3) is 0.500. The van der Waals surface area contributed by atoms with Crippen LogP contribution in [0.2, 0.25) is 0 Å². The van der Waals surface area contributed by atoms with E-state index in [-0.39, 0.29) is 6.10 Å². The molecule has 4 heterocycles. The van der Waals surface area contributed by atoms with Crippen LogP contribution in [0.4, 0.5) is 11.8 Å². The molecular formula is C22H29N7O3S. The van der Waals surface area contributed by atoms with E-state index in [0.29, 0.717) is 51.0 Å². The molecule has 1 aromatic carbocycles. The van der Waals surface area contributed by atoms with Crippen molar-refractivity contribution in [3.8, 4) is 0 Å². The topological polar surface area (TPSA) is 105 Å². The van der Waals surface area contributed by atoms with Gasteiger partial charge in [0.25, 0.3) is 0 Å². The zero-order valence-corrected chi connectivity index (χ0v) is 19.5. The molecule has 2 aromatic heterocycles. The Morgan fingerprint density at radius 1 is 1.12 bits per heavy atom. The lowest BCUT2D eigenvalue weighted by Crippen LogP contribution is -2.48. The highest BCUT2D eigenvalue weighted by molar-refractivity contribution is 7.88. The second kappa shape index (κ2) is 9.24. The molecule has 0 aliphatic carbocycles. The minimum absolute atomic E-state index is 0.170. The van der Waals surface area contributed by atoms with Crippen molar-refractivity contribution in [2.75, 3.05) is 55.8 Å². The number of aromatic nitrogens is 4. The van der Waals surface area contributed by atoms with Crippen LogP contribution in [-0.2, 0) is 21.3 Å². The number of sulfonamides is 1. The Morgan fingerprint density at radius 2 is 1.91 bits per heavy atom. The fourth-order valence-corrected chi connectivity index (χ4v) is 5.16. The predicted molar refractivity (Wildman–Crippen MR) is 127 cm³/mol. The first kappa shape index (κ1) is 22.1. The summed E-state index contributed by atoms with van der Waals surface area (Å²) < 4.78 is 33.1. The van der Waals surface area contributed by atoms with Gasteiger partial charge in [-0.1, -0.05) is 30.3 Å². The monoisotopic (exact) mass is 471 g/mol. The Kier molecular flexibility index (Phi) is 6.17. The van der Waals surface area contributed by atoms with Crippen molar-refractivity contribution in [1.82, 2.24) is 23.8 Å². The number of hydrogen-bond acceptors (Lipinski definition) is 8. The van der Waals surface area contributed by atoms with Gasteiger partial charge in [0.05, 0.1) is 25.2 Å². The van der Waals surface area contributed by atoms with Crippen molar-refractivity contribution in [1.29, 1.82) is 0 Å². The number of piperazine rings is 1. The van der Waals surface area contributed by atoms with Gasteiger partial charge in [0.15, 0.2) is 17.0 Å². The maximum absolute atomic E-state index is 11.9. The van der Waals surface area contributed by atoms with E-state index in [1.54, 1.807) is 6.33 Å². The second-order valence-corrected chi connectivity index (χ2v) is 10.5. The molecule has 0 radical (unpaired) electrons. The van der Waals surface area contributed by atoms with Crippen LogP contribution in [0, 0.1) is 0 Å². The number of hydrogen-bond donors (Lipinski definition) is 1. The maximum Gasteiger partial charge on any atom is 0.229 e. The van der Waals surface area contributed by atoms with Crippen LogP contribution in [0.25, 0.3) is 11.2 Å². The van der Waals surface area contributed by atoms with E-state index >= 15 is 0 Å². The first-order valence-electron chi connectivity index (χ1n) is 11.3. The van der Waals surface area contributed by atoms with Gasteiger partial charge in [-0.3, -0.25) is 0 Å². The van der Waals surface area contributed by atoms with Crippen LogP contribution >= 0.6 is 0 Å². The third kappa shape index (κ3) is 4.94. The van der Waals surface area contributed by atoms with E-state index in [0.717, 1.165) is 36.2 Å². The quantitative estimate of drug-likeness (QED) is 0.553. The molecule has 0 saturated carbocycles. The van der Waals surface area contributed by atoms with Gasteiger partial charge >= 0.3 is 0 Å². The van der Waals surface area contributed by atoms with Gasteiger partial charge in [-0.25, -0.2) is 13.4 Å². The molecule has 176 valence electrons. The van der Waals surface area contributed by atoms with Crippen LogP contribution < -0.4 is 10.2 Å². The van der Waals surface area contributed by atoms with Gasteiger partial charge in [0.2, 0.25) is 16.0 Å². The lowest BCUT2D eigenvalue weighted by Gasteiger charge is -2.33. The number of nitrogens with zero attached hydrogens (tertiary/aromatic N) is 6. The summed E-state index contributed by atoms with van der Waals surface area (Å²) in [7, 11) is -3.20. The normalized spacial score (nSPS) is 19.9. The molecule has 11 heteroatoms. The summed E-state index contributed by atoms with van der Waals surface area (Å²) in [6.07, 6.45) is 5.33. The van der Waals surface area contributed by atoms with Gasteiger partial charge in [-0.2, -0.15) is 14.3 Å². The largest absolute Gasteiger partial charge is 0.376 e. The number of benzene rings is 1. The molecule has 2 fully saturated rings. The summed E-state index contributed by atoms with van der Waals surface area (Å²) in [6.45, 7) is 4.03. The van der Waals surface area contributed by atoms with Crippen molar-refractivity contribution in [2.24, 2.45) is 0 Å². The van der Waals surface area contributed by atoms with Crippen LogP contribution in [0.3, 0.4) is 0 Å². The Bertz CT molecular complexity index is 1200. The van der Waals surface area contributed by atoms with Gasteiger partial charge in [0, 0.05) is 39.3 Å². The smallest absolute Gasteiger partial charge is 0.229 e. The SMILES string of the molecule is CS(=O)(=O)N1CCN(c2nc(NCC3CCCO3)c3ncn(Cc4ccccc4)c3n2)CC1. The van der Waals surface area contributed by atoms with E-state index in [1.807, 2.05) is 27.7 Å². The summed E-state index contributed by atoms with van der Waals surface area (Å²) >= 11 is 0. The van der Waals surface area contributed by atoms with Crippen molar-refractivity contribution >= 4 is 33.0 Å². The van der Waals surface area contributed by atoms with Crippen LogP contribution in [0.5, 0.6) is 0 Å². The van der Waals surface area contributed by atoms with Gasteiger partial charge in [-0.05, 0) is 18.4 Å². The number of anilines is 2. The lowest BCUT2D eigenvalue weighted by molar-refractivity contribution is 0.120. The number of rotatable bonds is 7. The molecule has 5 rings (SSSR count). The minimum atomic E-state index is -3.20. The van der Waals surface area contributed by atoms with Gasteiger partial charge in [0.1, 0.15) is 0 Å². The molecule has 10 nitrogen and oxygen atoms in total. The molecule has 0 bridgehead atoms. The second-order valence-electron chi connectivity index (χ2n) is 8.57. The van der Waals surface area contributed by atoms with E-state index in [9.17, 15) is 8.42 Å². The standard InChI is InChI=1S/C22H29N7O3S/c1-33(30,31)29-11-9-27(10-12-29)22-25-20(23-14-18-8-5-13-32-18)19-21(26-22)28(16-24-19)15-17-6-3-2-4-7-17/h2-4,6-7,16,18H,5,8-15H2,1H3,(H,23,25,26). The summed E-state index contributed by atoms with van der Waals surface area (Å²) in [5.74, 6) is 1.27. The summed E-state index contributed by atoms with van der Waals surface area (Å²) in [6, 6.07) is 10.2. The van der Waals surface area contributed by atoms with E-state index in [2.05, 4.69) is 22.4 Å². The molecule has 2 aliphatic heterocycles. The highest BCUT2D eigenvalue weighted by Gasteiger charge is 2.26. The molecule has 3 aromatic rings. The van der Waals surface area contributed by atoms with Crippen LogP contribution in [0.15, 0.2) is 36.7 Å². The Hall–Kier alpha value is -2.76. The van der Waals surface area contributed by atoms with Crippen molar-refractivity contribution in [2.45, 2.75) is 25.5 Å². The molecule has 2 saturated heterocycles. The molecule has 1 N–H and O–H groups in total. The number of nitrogens with one attached hydrogen (secondary N) is 1. The molecule has 0 amide bonds. The van der Waals surface area contributed by atoms with E-state index < -0.39 is 10.0 Å². The maximum atomic E-state index is 11.9. The van der Waals surface area contributed by atoms with Gasteiger partial charge in [-0.15, -0.1) is 0 Å². The molecule has 1 unspecified atom stereocenters. The number of ether oxygens (including phenoxy) is 1. The Labute approximate surface area is 193 Å². The number of imidazole rings is 1. The summed E-state index contributed by atoms with van der Waals surface area (Å²) in [5.41, 5.74) is 2.64. The van der Waals surface area contributed by atoms with Crippen molar-refractivity contribution < 1.29 is 13.2 Å². The predicted octanol–water partition coefficient (Wildman–Crippen LogP) is 1.55. The zero-order valence-electron chi connectivity index (χ0n) is 18.7. The highest BCUT2D eigenvalue weighted by Crippen LogP contribution is 2.25. The Morgan fingerprint density at radius 3 is 2.61 bits per heavy atom. The average Bonchev–Trinajstić information content (AvgIpc) is 3.48. The molecule has 33 heavy (non-hydrogen) atoms. The van der Waals surface area contributed by atoms with Gasteiger partial charge < -0.3 is 19.5 Å². The molecular weight excluding hydrogens is 442 g/mol. The third-order valence-electron chi connectivity index (χ3n) is 6.16. The van der Waals surface area contributed by atoms with Crippen LogP contribution in [0.1, 0.15) is 18.4 Å². The fourth-order valence-electron chi connectivity index (χ4n) is 4.33. The lowest BCUT2D eigenvalue weighted by atomic mass is 10.2. The zero-order chi connectivity index (χ0) is 22.8. The first-order valence-corrected chi connectivity index (χ1v) is 13.1. The first-order chi connectivity index (χ1) is 16.0. The number of fused-ring (bicyclic) bond motifs is 1. The Balaban J connectivity index is 1.45. The summed E-state index contributed by atoms with van der Waals surface area (Å²) in [4.78, 5) is 16.3. The van der Waals surface area contributed by atoms with E-state index in [1.165, 1.54) is 10.6 Å². The summed E-state index contributed by atoms with van der Waals surface area (Å²) in [5, 5.41) is 3.43. The molecule has 1 atom stereocenters. The highest BCUT2D eigenvalue weighted by atomic mass is 32.2. The van der Waals surface area contributed by atoms with Crippen LogP contribution in [-0.4, -0.2) is 83.9 Å². The van der Waals surface area contributed by atoms with E-state index in [4.69, 9.17) is 14.7 Å². The average molecular weight is 472 g/mol. The van der Waals surface area contributed by atoms with Crippen molar-refractivity contribution in [3.63, 3.8) is 0 Å². The van der Waals surface area contributed by atoms with Crippen molar-refractivity contribution in [3.05, 3.63) is 42.2 Å². The third-order valence-corrected chi connectivity index (χ3v) is 7.46. The minimum Gasteiger partial charge on any atom is -0.376 e. The molecule has 2 aliphatic rings.